The van der Waals surface area contributed by atoms with Gasteiger partial charge in [0.2, 0.25) is 0 Å². The van der Waals surface area contributed by atoms with E-state index in [0.29, 0.717) is 13.2 Å². The Morgan fingerprint density at radius 1 is 1.42 bits per heavy atom. The van der Waals surface area contributed by atoms with Crippen molar-refractivity contribution in [2.45, 2.75) is 20.0 Å². The van der Waals surface area contributed by atoms with Crippen LogP contribution in [0.5, 0.6) is 0 Å². The summed E-state index contributed by atoms with van der Waals surface area (Å²) in [6.07, 6.45) is 0.129. The summed E-state index contributed by atoms with van der Waals surface area (Å²) in [6, 6.07) is 0. The maximum absolute atomic E-state index is 10.8. The Morgan fingerprint density at radius 3 is 2.42 bits per heavy atom. The highest BCUT2D eigenvalue weighted by atomic mass is 32.2. The van der Waals surface area contributed by atoms with E-state index in [1.54, 1.807) is 0 Å². The average molecular weight is 196 g/mol. The Bertz CT molecular complexity index is 201. The second-order valence-corrected chi connectivity index (χ2v) is 4.23. The van der Waals surface area contributed by atoms with Crippen LogP contribution in [-0.4, -0.2) is 34.7 Å². The van der Waals surface area contributed by atoms with Crippen LogP contribution in [0, 0.1) is 0 Å². The van der Waals surface area contributed by atoms with Crippen LogP contribution in [0.4, 0.5) is 0 Å². The zero-order chi connectivity index (χ0) is 9.61. The summed E-state index contributed by atoms with van der Waals surface area (Å²) < 4.78 is 31.1. The van der Waals surface area contributed by atoms with Crippen LogP contribution < -0.4 is 9.44 Å². The Kier molecular flexibility index (Phi) is 5.39. The van der Waals surface area contributed by atoms with Gasteiger partial charge in [-0.15, -0.1) is 0 Å². The van der Waals surface area contributed by atoms with Crippen LogP contribution in [0.1, 0.15) is 13.8 Å². The molecule has 0 rings (SSSR count). The van der Waals surface area contributed by atoms with Gasteiger partial charge in [0, 0.05) is 13.6 Å². The van der Waals surface area contributed by atoms with Gasteiger partial charge in [-0.25, -0.2) is 9.44 Å². The number of rotatable bonds is 6. The lowest BCUT2D eigenvalue weighted by atomic mass is 10.5. The Hall–Kier alpha value is -0.170. The van der Waals surface area contributed by atoms with Gasteiger partial charge in [0.15, 0.2) is 0 Å². The summed E-state index contributed by atoms with van der Waals surface area (Å²) in [5.41, 5.74) is 0. The van der Waals surface area contributed by atoms with Gasteiger partial charge in [-0.1, -0.05) is 0 Å². The van der Waals surface area contributed by atoms with E-state index >= 15 is 0 Å². The number of ether oxygens (including phenoxy) is 1. The minimum atomic E-state index is -3.30. The normalized spacial score (nSPS) is 12.3. The second-order valence-electron chi connectivity index (χ2n) is 2.52. The molecule has 0 spiro atoms. The standard InChI is InChI=1S/C6H16N2O3S/c1-6(2)11-5-4-8-12(9,10)7-3/h6-8H,4-5H2,1-3H3. The Balaban J connectivity index is 3.45. The summed E-state index contributed by atoms with van der Waals surface area (Å²) in [6.45, 7) is 4.47. The van der Waals surface area contributed by atoms with Crippen LogP contribution in [0.15, 0.2) is 0 Å². The van der Waals surface area contributed by atoms with Gasteiger partial charge >= 0.3 is 0 Å². The first-order valence-electron chi connectivity index (χ1n) is 3.77. The summed E-state index contributed by atoms with van der Waals surface area (Å²) in [5.74, 6) is 0. The topological polar surface area (TPSA) is 67.4 Å². The highest BCUT2D eigenvalue weighted by molar-refractivity contribution is 7.87. The van der Waals surface area contributed by atoms with Crippen molar-refractivity contribution in [2.24, 2.45) is 0 Å². The van der Waals surface area contributed by atoms with Crippen molar-refractivity contribution in [2.75, 3.05) is 20.2 Å². The molecule has 5 nitrogen and oxygen atoms in total. The quantitative estimate of drug-likeness (QED) is 0.561. The first-order chi connectivity index (χ1) is 5.48. The molecule has 0 aliphatic rings. The van der Waals surface area contributed by atoms with E-state index in [2.05, 4.69) is 9.44 Å². The summed E-state index contributed by atoms with van der Waals surface area (Å²) in [4.78, 5) is 0. The molecule has 0 atom stereocenters. The zero-order valence-electron chi connectivity index (χ0n) is 7.62. The van der Waals surface area contributed by atoms with Gasteiger partial charge in [-0.2, -0.15) is 8.42 Å². The molecule has 0 saturated carbocycles. The minimum absolute atomic E-state index is 0.129. The van der Waals surface area contributed by atoms with Gasteiger partial charge in [-0.05, 0) is 13.8 Å². The van der Waals surface area contributed by atoms with E-state index in [0.717, 1.165) is 0 Å². The van der Waals surface area contributed by atoms with Crippen LogP contribution in [0.25, 0.3) is 0 Å². The third-order valence-electron chi connectivity index (χ3n) is 1.11. The summed E-state index contributed by atoms with van der Waals surface area (Å²) >= 11 is 0. The number of hydrogen-bond acceptors (Lipinski definition) is 3. The lowest BCUT2D eigenvalue weighted by molar-refractivity contribution is 0.0833. The second kappa shape index (κ2) is 5.47. The van der Waals surface area contributed by atoms with E-state index in [9.17, 15) is 8.42 Å². The fourth-order valence-corrected chi connectivity index (χ4v) is 1.04. The molecule has 0 amide bonds. The third-order valence-corrected chi connectivity index (χ3v) is 2.24. The van der Waals surface area contributed by atoms with Crippen molar-refractivity contribution in [3.63, 3.8) is 0 Å². The summed E-state index contributed by atoms with van der Waals surface area (Å²) in [7, 11) is -1.94. The molecular formula is C6H16N2O3S. The van der Waals surface area contributed by atoms with Gasteiger partial charge in [-0.3, -0.25) is 0 Å². The largest absolute Gasteiger partial charge is 0.377 e. The van der Waals surface area contributed by atoms with Crippen molar-refractivity contribution < 1.29 is 13.2 Å². The molecule has 74 valence electrons. The van der Waals surface area contributed by atoms with E-state index in [1.165, 1.54) is 7.05 Å². The van der Waals surface area contributed by atoms with E-state index in [1.807, 2.05) is 13.8 Å². The maximum atomic E-state index is 10.8. The van der Waals surface area contributed by atoms with Gasteiger partial charge in [0.1, 0.15) is 0 Å². The molecule has 6 heteroatoms. The molecule has 12 heavy (non-hydrogen) atoms. The van der Waals surface area contributed by atoms with E-state index in [4.69, 9.17) is 4.74 Å². The monoisotopic (exact) mass is 196 g/mol. The number of hydrogen-bond donors (Lipinski definition) is 2. The molecule has 0 unspecified atom stereocenters. The molecule has 0 radical (unpaired) electrons. The maximum Gasteiger partial charge on any atom is 0.276 e. The van der Waals surface area contributed by atoms with Crippen LogP contribution in [-0.2, 0) is 14.9 Å². The van der Waals surface area contributed by atoms with Gasteiger partial charge in [0.05, 0.1) is 12.7 Å². The minimum Gasteiger partial charge on any atom is -0.377 e. The fourth-order valence-electron chi connectivity index (χ4n) is 0.543. The molecule has 2 N–H and O–H groups in total. The third kappa shape index (κ3) is 6.53. The molecule has 0 heterocycles. The highest BCUT2D eigenvalue weighted by Gasteiger charge is 2.03. The van der Waals surface area contributed by atoms with Gasteiger partial charge in [0.25, 0.3) is 10.2 Å². The summed E-state index contributed by atoms with van der Waals surface area (Å²) in [5, 5.41) is 0. The molecular weight excluding hydrogens is 180 g/mol. The number of nitrogens with one attached hydrogen (secondary N) is 2. The zero-order valence-corrected chi connectivity index (χ0v) is 8.44. The first-order valence-corrected chi connectivity index (χ1v) is 5.26. The molecule has 0 aliphatic heterocycles. The lowest BCUT2D eigenvalue weighted by Crippen LogP contribution is -2.36. The van der Waals surface area contributed by atoms with E-state index < -0.39 is 10.2 Å². The Morgan fingerprint density at radius 2 is 2.00 bits per heavy atom. The predicted octanol–water partition coefficient (Wildman–Crippen LogP) is -0.535. The molecule has 0 bridgehead atoms. The van der Waals surface area contributed by atoms with Crippen LogP contribution >= 0.6 is 0 Å². The molecule has 0 aromatic heterocycles. The predicted molar refractivity (Wildman–Crippen MR) is 47.1 cm³/mol. The van der Waals surface area contributed by atoms with Crippen molar-refractivity contribution in [1.29, 1.82) is 0 Å². The molecule has 0 saturated heterocycles. The lowest BCUT2D eigenvalue weighted by Gasteiger charge is -2.08. The Labute approximate surface area is 73.7 Å². The fraction of sp³-hybridized carbons (Fsp3) is 1.00. The van der Waals surface area contributed by atoms with Crippen molar-refractivity contribution >= 4 is 10.2 Å². The molecule has 0 aromatic rings. The van der Waals surface area contributed by atoms with E-state index in [-0.39, 0.29) is 6.10 Å². The first kappa shape index (κ1) is 11.8. The smallest absolute Gasteiger partial charge is 0.276 e. The molecule has 0 aliphatic carbocycles. The average Bonchev–Trinajstić information content (AvgIpc) is 1.98. The van der Waals surface area contributed by atoms with Crippen LogP contribution in [0.3, 0.4) is 0 Å². The van der Waals surface area contributed by atoms with Gasteiger partial charge < -0.3 is 4.74 Å². The van der Waals surface area contributed by atoms with Crippen molar-refractivity contribution in [3.05, 3.63) is 0 Å². The molecule has 0 aromatic carbocycles. The SMILES string of the molecule is CNS(=O)(=O)NCCOC(C)C. The van der Waals surface area contributed by atoms with Crippen molar-refractivity contribution in [3.8, 4) is 0 Å². The molecule has 0 fully saturated rings. The van der Waals surface area contributed by atoms with Crippen LogP contribution in [0.2, 0.25) is 0 Å². The highest BCUT2D eigenvalue weighted by Crippen LogP contribution is 1.85. The van der Waals surface area contributed by atoms with Crippen molar-refractivity contribution in [1.82, 2.24) is 9.44 Å².